The summed E-state index contributed by atoms with van der Waals surface area (Å²) in [6, 6.07) is 8.11. The maximum absolute atomic E-state index is 4.34. The summed E-state index contributed by atoms with van der Waals surface area (Å²) in [5, 5.41) is 3.13. The summed E-state index contributed by atoms with van der Waals surface area (Å²) in [7, 11) is 1.94. The van der Waals surface area contributed by atoms with Crippen molar-refractivity contribution < 1.29 is 0 Å². The summed E-state index contributed by atoms with van der Waals surface area (Å²) in [5.74, 6) is 0. The topological polar surface area (TPSA) is 37.8 Å². The number of pyridine rings is 2. The first-order valence-electron chi connectivity index (χ1n) is 5.32. The van der Waals surface area contributed by atoms with E-state index in [4.69, 9.17) is 0 Å². The Bertz CT molecular complexity index is 480. The second kappa shape index (κ2) is 4.86. The monoisotopic (exact) mass is 213 g/mol. The van der Waals surface area contributed by atoms with Gasteiger partial charge < -0.3 is 5.32 Å². The SMILES string of the molecule is CNCc1ccnc(-c2cc(C)ccn2)c1. The van der Waals surface area contributed by atoms with Gasteiger partial charge in [0.15, 0.2) is 0 Å². The van der Waals surface area contributed by atoms with Crippen LogP contribution >= 0.6 is 0 Å². The Balaban J connectivity index is 2.36. The minimum Gasteiger partial charge on any atom is -0.316 e. The quantitative estimate of drug-likeness (QED) is 0.849. The Morgan fingerprint density at radius 2 is 1.75 bits per heavy atom. The molecule has 0 bridgehead atoms. The number of nitrogens with one attached hydrogen (secondary N) is 1. The fourth-order valence-corrected chi connectivity index (χ4v) is 1.60. The van der Waals surface area contributed by atoms with Crippen LogP contribution in [0, 0.1) is 6.92 Å². The van der Waals surface area contributed by atoms with E-state index < -0.39 is 0 Å². The molecular weight excluding hydrogens is 198 g/mol. The van der Waals surface area contributed by atoms with Crippen molar-refractivity contribution in [3.8, 4) is 11.4 Å². The van der Waals surface area contributed by atoms with E-state index in [1.54, 1.807) is 0 Å². The predicted molar refractivity (Wildman–Crippen MR) is 65.0 cm³/mol. The van der Waals surface area contributed by atoms with Gasteiger partial charge in [0.2, 0.25) is 0 Å². The number of rotatable bonds is 3. The second-order valence-corrected chi connectivity index (χ2v) is 3.80. The zero-order valence-electron chi connectivity index (χ0n) is 9.57. The Kier molecular flexibility index (Phi) is 3.27. The van der Waals surface area contributed by atoms with Gasteiger partial charge in [0.05, 0.1) is 11.4 Å². The Hall–Kier alpha value is -1.74. The van der Waals surface area contributed by atoms with Crippen molar-refractivity contribution in [1.29, 1.82) is 0 Å². The van der Waals surface area contributed by atoms with Crippen LogP contribution in [0.5, 0.6) is 0 Å². The minimum absolute atomic E-state index is 0.849. The molecule has 0 radical (unpaired) electrons. The van der Waals surface area contributed by atoms with E-state index in [-0.39, 0.29) is 0 Å². The van der Waals surface area contributed by atoms with Crippen LogP contribution in [-0.4, -0.2) is 17.0 Å². The van der Waals surface area contributed by atoms with Crippen LogP contribution in [0.25, 0.3) is 11.4 Å². The van der Waals surface area contributed by atoms with Crippen molar-refractivity contribution in [2.24, 2.45) is 0 Å². The standard InChI is InChI=1S/C13H15N3/c1-10-3-5-15-12(7-10)13-8-11(9-14-2)4-6-16-13/h3-8,14H,9H2,1-2H3. The molecule has 0 atom stereocenters. The summed E-state index contributed by atoms with van der Waals surface area (Å²) in [6.45, 7) is 2.91. The maximum atomic E-state index is 4.34. The Morgan fingerprint density at radius 3 is 2.44 bits per heavy atom. The third kappa shape index (κ3) is 2.44. The number of hydrogen-bond acceptors (Lipinski definition) is 3. The fraction of sp³-hybridized carbons (Fsp3) is 0.231. The first-order valence-corrected chi connectivity index (χ1v) is 5.32. The molecule has 2 aromatic rings. The van der Waals surface area contributed by atoms with Crippen molar-refractivity contribution in [2.75, 3.05) is 7.05 Å². The van der Waals surface area contributed by atoms with Crippen LogP contribution in [0.3, 0.4) is 0 Å². The highest BCUT2D eigenvalue weighted by Crippen LogP contribution is 2.16. The van der Waals surface area contributed by atoms with Crippen LogP contribution in [0.4, 0.5) is 0 Å². The highest BCUT2D eigenvalue weighted by Gasteiger charge is 2.01. The first-order chi connectivity index (χ1) is 7.79. The molecule has 16 heavy (non-hydrogen) atoms. The zero-order valence-corrected chi connectivity index (χ0v) is 9.57. The third-order valence-corrected chi connectivity index (χ3v) is 2.38. The van der Waals surface area contributed by atoms with Gasteiger partial charge in [-0.2, -0.15) is 0 Å². The lowest BCUT2D eigenvalue weighted by atomic mass is 10.1. The molecule has 0 aromatic carbocycles. The maximum Gasteiger partial charge on any atom is 0.0889 e. The molecule has 0 aliphatic rings. The molecule has 3 heteroatoms. The van der Waals surface area contributed by atoms with Gasteiger partial charge in [-0.3, -0.25) is 9.97 Å². The van der Waals surface area contributed by atoms with Crippen molar-refractivity contribution in [3.05, 3.63) is 47.8 Å². The summed E-state index contributed by atoms with van der Waals surface area (Å²) in [4.78, 5) is 8.67. The molecule has 0 unspecified atom stereocenters. The second-order valence-electron chi connectivity index (χ2n) is 3.80. The van der Waals surface area contributed by atoms with Crippen molar-refractivity contribution in [1.82, 2.24) is 15.3 Å². The zero-order chi connectivity index (χ0) is 11.4. The van der Waals surface area contributed by atoms with Crippen LogP contribution in [0.1, 0.15) is 11.1 Å². The van der Waals surface area contributed by atoms with Crippen LogP contribution in [0.15, 0.2) is 36.7 Å². The molecule has 1 N–H and O–H groups in total. The van der Waals surface area contributed by atoms with Gasteiger partial charge in [0, 0.05) is 18.9 Å². The van der Waals surface area contributed by atoms with E-state index in [2.05, 4.69) is 28.3 Å². The van der Waals surface area contributed by atoms with E-state index >= 15 is 0 Å². The van der Waals surface area contributed by atoms with Gasteiger partial charge in [-0.1, -0.05) is 0 Å². The molecule has 0 aliphatic carbocycles. The predicted octanol–water partition coefficient (Wildman–Crippen LogP) is 2.17. The highest BCUT2D eigenvalue weighted by molar-refractivity contribution is 5.55. The molecule has 82 valence electrons. The van der Waals surface area contributed by atoms with Crippen molar-refractivity contribution >= 4 is 0 Å². The van der Waals surface area contributed by atoms with E-state index in [1.165, 1.54) is 11.1 Å². The normalized spacial score (nSPS) is 10.4. The van der Waals surface area contributed by atoms with Crippen LogP contribution < -0.4 is 5.32 Å². The van der Waals surface area contributed by atoms with Gasteiger partial charge in [0.1, 0.15) is 0 Å². The number of nitrogens with zero attached hydrogens (tertiary/aromatic N) is 2. The molecule has 3 nitrogen and oxygen atoms in total. The Morgan fingerprint density at radius 1 is 1.06 bits per heavy atom. The molecular formula is C13H15N3. The van der Waals surface area contributed by atoms with E-state index in [1.807, 2.05) is 37.6 Å². The molecule has 2 rings (SSSR count). The molecule has 0 amide bonds. The average molecular weight is 213 g/mol. The van der Waals surface area contributed by atoms with Gasteiger partial charge >= 0.3 is 0 Å². The summed E-state index contributed by atoms with van der Waals surface area (Å²) in [5.41, 5.74) is 4.27. The average Bonchev–Trinajstić information content (AvgIpc) is 2.30. The van der Waals surface area contributed by atoms with E-state index in [0.29, 0.717) is 0 Å². The molecule has 0 saturated heterocycles. The summed E-state index contributed by atoms with van der Waals surface area (Å²) in [6.07, 6.45) is 3.64. The molecule has 0 aliphatic heterocycles. The summed E-state index contributed by atoms with van der Waals surface area (Å²) < 4.78 is 0. The molecule has 0 fully saturated rings. The number of aromatic nitrogens is 2. The Labute approximate surface area is 95.6 Å². The highest BCUT2D eigenvalue weighted by atomic mass is 14.8. The molecule has 0 spiro atoms. The molecule has 2 heterocycles. The van der Waals surface area contributed by atoms with Gasteiger partial charge in [-0.15, -0.1) is 0 Å². The van der Waals surface area contributed by atoms with Crippen molar-refractivity contribution in [2.45, 2.75) is 13.5 Å². The lowest BCUT2D eigenvalue weighted by Crippen LogP contribution is -2.05. The van der Waals surface area contributed by atoms with Gasteiger partial charge in [0.25, 0.3) is 0 Å². The van der Waals surface area contributed by atoms with E-state index in [9.17, 15) is 0 Å². The van der Waals surface area contributed by atoms with Crippen molar-refractivity contribution in [3.63, 3.8) is 0 Å². The largest absolute Gasteiger partial charge is 0.316 e. The lowest BCUT2D eigenvalue weighted by Gasteiger charge is -2.04. The third-order valence-electron chi connectivity index (χ3n) is 2.38. The van der Waals surface area contributed by atoms with Crippen LogP contribution in [0.2, 0.25) is 0 Å². The van der Waals surface area contributed by atoms with E-state index in [0.717, 1.165) is 17.9 Å². The number of aryl methyl sites for hydroxylation is 1. The van der Waals surface area contributed by atoms with Crippen LogP contribution in [-0.2, 0) is 6.54 Å². The van der Waals surface area contributed by atoms with Gasteiger partial charge in [-0.25, -0.2) is 0 Å². The number of hydrogen-bond donors (Lipinski definition) is 1. The first kappa shape index (κ1) is 10.8. The lowest BCUT2D eigenvalue weighted by molar-refractivity contribution is 0.816. The molecule has 2 aromatic heterocycles. The van der Waals surface area contributed by atoms with Gasteiger partial charge in [-0.05, 0) is 49.4 Å². The summed E-state index contributed by atoms with van der Waals surface area (Å²) >= 11 is 0. The smallest absolute Gasteiger partial charge is 0.0889 e. The molecule has 0 saturated carbocycles. The minimum atomic E-state index is 0.849. The fourth-order valence-electron chi connectivity index (χ4n) is 1.60.